The fraction of sp³-hybridized carbons (Fsp3) is 0.348. The van der Waals surface area contributed by atoms with Crippen molar-refractivity contribution in [3.8, 4) is 0 Å². The molecule has 0 radical (unpaired) electrons. The summed E-state index contributed by atoms with van der Waals surface area (Å²) in [5.41, 5.74) is 2.25. The van der Waals surface area contributed by atoms with E-state index >= 15 is 0 Å². The molecule has 0 bridgehead atoms. The molecule has 0 aliphatic heterocycles. The molecule has 1 aromatic rings. The van der Waals surface area contributed by atoms with E-state index in [0.29, 0.717) is 23.3 Å². The Balaban J connectivity index is 0.000000543. The van der Waals surface area contributed by atoms with Gasteiger partial charge >= 0.3 is 17.9 Å². The molecule has 0 heterocycles. The molecule has 0 spiro atoms. The van der Waals surface area contributed by atoms with E-state index in [1.54, 1.807) is 20.8 Å². The molecule has 1 atom stereocenters. The van der Waals surface area contributed by atoms with Gasteiger partial charge in [-0.25, -0.2) is 14.4 Å². The first kappa shape index (κ1) is 25.9. The second-order valence-electron chi connectivity index (χ2n) is 6.52. The van der Waals surface area contributed by atoms with Crippen LogP contribution < -0.4 is 0 Å². The molecule has 1 rings (SSSR count). The van der Waals surface area contributed by atoms with Crippen LogP contribution >= 0.6 is 0 Å². The highest BCUT2D eigenvalue weighted by Gasteiger charge is 2.09. The molecule has 0 N–H and O–H groups in total. The van der Waals surface area contributed by atoms with Crippen molar-refractivity contribution >= 4 is 17.9 Å². The van der Waals surface area contributed by atoms with Crippen molar-refractivity contribution in [2.45, 2.75) is 33.6 Å². The zero-order chi connectivity index (χ0) is 22.4. The highest BCUT2D eigenvalue weighted by Crippen LogP contribution is 2.15. The van der Waals surface area contributed by atoms with Crippen molar-refractivity contribution < 1.29 is 28.6 Å². The third-order valence-electron chi connectivity index (χ3n) is 3.43. The summed E-state index contributed by atoms with van der Waals surface area (Å²) in [4.78, 5) is 32.8. The molecule has 1 unspecified atom stereocenters. The lowest BCUT2D eigenvalue weighted by molar-refractivity contribution is -0.147. The van der Waals surface area contributed by atoms with Gasteiger partial charge in [0.1, 0.15) is 13.2 Å². The van der Waals surface area contributed by atoms with Crippen molar-refractivity contribution in [1.82, 2.24) is 0 Å². The minimum absolute atomic E-state index is 0.0325. The lowest BCUT2D eigenvalue weighted by atomic mass is 10.0. The van der Waals surface area contributed by atoms with Crippen molar-refractivity contribution in [2.75, 3.05) is 19.8 Å². The van der Waals surface area contributed by atoms with Crippen molar-refractivity contribution in [3.05, 3.63) is 72.4 Å². The average molecular weight is 402 g/mol. The van der Waals surface area contributed by atoms with Gasteiger partial charge in [-0.1, -0.05) is 57.0 Å². The third-order valence-corrected chi connectivity index (χ3v) is 3.43. The molecule has 0 fully saturated rings. The van der Waals surface area contributed by atoms with E-state index in [2.05, 4.69) is 29.2 Å². The predicted octanol–water partition coefficient (Wildman–Crippen LogP) is 4.13. The Morgan fingerprint density at radius 3 is 1.52 bits per heavy atom. The van der Waals surface area contributed by atoms with Crippen LogP contribution in [0.3, 0.4) is 0 Å². The van der Waals surface area contributed by atoms with Gasteiger partial charge in [-0.3, -0.25) is 0 Å². The zero-order valence-electron chi connectivity index (χ0n) is 17.7. The van der Waals surface area contributed by atoms with Gasteiger partial charge < -0.3 is 14.2 Å². The minimum Gasteiger partial charge on any atom is -0.462 e. The number of hydrogen-bond donors (Lipinski definition) is 0. The summed E-state index contributed by atoms with van der Waals surface area (Å²) in [5, 5.41) is 0. The molecule has 0 saturated carbocycles. The van der Waals surface area contributed by atoms with Crippen molar-refractivity contribution in [2.24, 2.45) is 0 Å². The Morgan fingerprint density at radius 2 is 1.14 bits per heavy atom. The van der Waals surface area contributed by atoms with E-state index in [1.165, 1.54) is 5.56 Å². The maximum absolute atomic E-state index is 11.2. The monoisotopic (exact) mass is 402 g/mol. The number of ether oxygens (including phenoxy) is 3. The maximum Gasteiger partial charge on any atom is 0.333 e. The second-order valence-corrected chi connectivity index (χ2v) is 6.52. The smallest absolute Gasteiger partial charge is 0.333 e. The molecule has 158 valence electrons. The SMILES string of the molecule is C=C(C)C(=O)OCC(C)c1ccccc1.C=C(C)C(=O)OCCOC(=O)C(=C)C. The van der Waals surface area contributed by atoms with Crippen LogP contribution in [0.2, 0.25) is 0 Å². The molecular weight excluding hydrogens is 372 g/mol. The number of hydrogen-bond acceptors (Lipinski definition) is 6. The Hall–Kier alpha value is -3.15. The highest BCUT2D eigenvalue weighted by atomic mass is 16.6. The van der Waals surface area contributed by atoms with E-state index in [4.69, 9.17) is 4.74 Å². The van der Waals surface area contributed by atoms with Crippen LogP contribution in [0, 0.1) is 0 Å². The minimum atomic E-state index is -0.489. The van der Waals surface area contributed by atoms with Crippen LogP contribution in [0.25, 0.3) is 0 Å². The molecule has 1 aromatic carbocycles. The van der Waals surface area contributed by atoms with Crippen LogP contribution in [0.5, 0.6) is 0 Å². The van der Waals surface area contributed by atoms with Crippen LogP contribution in [0.1, 0.15) is 39.2 Å². The summed E-state index contributed by atoms with van der Waals surface area (Å²) in [7, 11) is 0. The highest BCUT2D eigenvalue weighted by molar-refractivity contribution is 5.87. The summed E-state index contributed by atoms with van der Waals surface area (Å²) in [6, 6.07) is 9.98. The second kappa shape index (κ2) is 13.9. The number of esters is 3. The van der Waals surface area contributed by atoms with Gasteiger partial charge in [0.05, 0.1) is 6.61 Å². The molecule has 0 amide bonds. The van der Waals surface area contributed by atoms with E-state index in [0.717, 1.165) is 0 Å². The van der Waals surface area contributed by atoms with Gasteiger partial charge in [0.2, 0.25) is 0 Å². The van der Waals surface area contributed by atoms with Gasteiger partial charge in [-0.2, -0.15) is 0 Å². The van der Waals surface area contributed by atoms with Gasteiger partial charge in [0, 0.05) is 22.6 Å². The Bertz CT molecular complexity index is 705. The summed E-state index contributed by atoms with van der Waals surface area (Å²) < 4.78 is 14.5. The van der Waals surface area contributed by atoms with Gasteiger partial charge in [0.15, 0.2) is 0 Å². The molecule has 0 aromatic heterocycles. The van der Waals surface area contributed by atoms with E-state index in [1.807, 2.05) is 37.3 Å². The van der Waals surface area contributed by atoms with E-state index in [9.17, 15) is 14.4 Å². The normalized spacial score (nSPS) is 10.5. The summed E-state index contributed by atoms with van der Waals surface area (Å²) in [6.45, 7) is 17.6. The van der Waals surface area contributed by atoms with Crippen LogP contribution in [-0.4, -0.2) is 37.7 Å². The largest absolute Gasteiger partial charge is 0.462 e. The van der Waals surface area contributed by atoms with Crippen LogP contribution in [0.15, 0.2) is 66.8 Å². The van der Waals surface area contributed by atoms with Crippen molar-refractivity contribution in [3.63, 3.8) is 0 Å². The lowest BCUT2D eigenvalue weighted by Gasteiger charge is -2.12. The summed E-state index contributed by atoms with van der Waals surface area (Å²) >= 11 is 0. The van der Waals surface area contributed by atoms with Gasteiger partial charge in [-0.15, -0.1) is 0 Å². The van der Waals surface area contributed by atoms with E-state index < -0.39 is 11.9 Å². The summed E-state index contributed by atoms with van der Waals surface area (Å²) in [6.07, 6.45) is 0. The van der Waals surface area contributed by atoms with Gasteiger partial charge in [-0.05, 0) is 26.3 Å². The Labute approximate surface area is 172 Å². The molecule has 0 saturated heterocycles. The predicted molar refractivity (Wildman–Crippen MR) is 112 cm³/mol. The quantitative estimate of drug-likeness (QED) is 0.267. The first-order valence-electron chi connectivity index (χ1n) is 9.09. The molecule has 0 aliphatic rings. The molecular formula is C23H30O6. The number of carbonyl (C=O) groups excluding carboxylic acids is 3. The number of benzene rings is 1. The van der Waals surface area contributed by atoms with Crippen LogP contribution in [-0.2, 0) is 28.6 Å². The van der Waals surface area contributed by atoms with Crippen LogP contribution in [0.4, 0.5) is 0 Å². The first-order chi connectivity index (χ1) is 13.6. The third kappa shape index (κ3) is 12.0. The summed E-state index contributed by atoms with van der Waals surface area (Å²) in [5.74, 6) is -1.08. The molecule has 29 heavy (non-hydrogen) atoms. The topological polar surface area (TPSA) is 78.9 Å². The number of rotatable bonds is 9. The lowest BCUT2D eigenvalue weighted by Crippen LogP contribution is -2.14. The fourth-order valence-corrected chi connectivity index (χ4v) is 1.72. The Morgan fingerprint density at radius 1 is 0.759 bits per heavy atom. The zero-order valence-corrected chi connectivity index (χ0v) is 17.7. The first-order valence-corrected chi connectivity index (χ1v) is 9.09. The van der Waals surface area contributed by atoms with Gasteiger partial charge in [0.25, 0.3) is 0 Å². The Kier molecular flexibility index (Phi) is 12.4. The molecule has 0 aliphatic carbocycles. The fourth-order valence-electron chi connectivity index (χ4n) is 1.72. The number of carbonyl (C=O) groups is 3. The average Bonchev–Trinajstić information content (AvgIpc) is 2.69. The maximum atomic E-state index is 11.2. The molecule has 6 nitrogen and oxygen atoms in total. The standard InChI is InChI=1S/C13H16O2.C10H14O4/c1-10(2)13(14)15-9-11(3)12-7-5-4-6-8-12;1-7(2)9(11)13-5-6-14-10(12)8(3)4/h4-8,11H,1,9H2,2-3H3;1,3,5-6H2,2,4H3. The molecule has 6 heteroatoms. The van der Waals surface area contributed by atoms with Crippen molar-refractivity contribution in [1.29, 1.82) is 0 Å². The van der Waals surface area contributed by atoms with E-state index in [-0.39, 0.29) is 25.1 Å².